The number of rotatable bonds is 8. The number of hydrazine groups is 1. The summed E-state index contributed by atoms with van der Waals surface area (Å²) in [7, 11) is 2.70. The van der Waals surface area contributed by atoms with E-state index in [9.17, 15) is 52.9 Å². The molecule has 2 aliphatic carbocycles. The Labute approximate surface area is 362 Å². The molecule has 1 saturated carbocycles. The summed E-state index contributed by atoms with van der Waals surface area (Å²) in [5, 5.41) is 36.4. The summed E-state index contributed by atoms with van der Waals surface area (Å²) in [4.78, 5) is 87.7. The molecule has 3 fully saturated rings. The molecule has 1 aromatic heterocycles. The second kappa shape index (κ2) is 14.9. The van der Waals surface area contributed by atoms with Crippen molar-refractivity contribution in [1.29, 1.82) is 0 Å². The Balaban J connectivity index is 1.31. The monoisotopic (exact) mass is 913 g/mol. The fraction of sp³-hybridized carbons (Fsp3) is 0.275. The van der Waals surface area contributed by atoms with Gasteiger partial charge in [0.1, 0.15) is 5.75 Å². The van der Waals surface area contributed by atoms with Crippen LogP contribution in [0.15, 0.2) is 78.5 Å². The molecule has 8 rings (SSSR count). The van der Waals surface area contributed by atoms with Gasteiger partial charge in [0.25, 0.3) is 11.8 Å². The summed E-state index contributed by atoms with van der Waals surface area (Å²) in [6.45, 7) is 0. The van der Waals surface area contributed by atoms with Crippen molar-refractivity contribution in [1.82, 2.24) is 9.99 Å². The Kier molecular flexibility index (Phi) is 10.2. The Morgan fingerprint density at radius 2 is 1.52 bits per heavy atom. The van der Waals surface area contributed by atoms with Crippen LogP contribution in [0.1, 0.15) is 35.4 Å². The largest absolute Gasteiger partial charge is 0.508 e. The fourth-order valence-corrected chi connectivity index (χ4v) is 10.1. The molecule has 4 amide bonds. The minimum atomic E-state index is -4.83. The van der Waals surface area contributed by atoms with E-state index in [1.807, 2.05) is 0 Å². The number of alkyl halides is 3. The van der Waals surface area contributed by atoms with Gasteiger partial charge in [-0.05, 0) is 60.7 Å². The summed E-state index contributed by atoms with van der Waals surface area (Å²) in [5.41, 5.74) is -2.42. The van der Waals surface area contributed by atoms with Crippen molar-refractivity contribution in [3.05, 3.63) is 130 Å². The number of aromatic hydroxyl groups is 1. The van der Waals surface area contributed by atoms with Gasteiger partial charge in [-0.3, -0.25) is 44.8 Å². The first-order valence-corrected chi connectivity index (χ1v) is 19.7. The average Bonchev–Trinajstić information content (AvgIpc) is 3.59. The van der Waals surface area contributed by atoms with Crippen molar-refractivity contribution in [2.45, 2.75) is 30.4 Å². The highest BCUT2D eigenvalue weighted by Crippen LogP contribution is 2.65. The quantitative estimate of drug-likeness (QED) is 0.0750. The smallest absolute Gasteiger partial charge is 0.417 e. The minimum absolute atomic E-state index is 0.0414. The molecule has 2 aliphatic heterocycles. The van der Waals surface area contributed by atoms with Crippen LogP contribution in [-0.2, 0) is 30.8 Å². The summed E-state index contributed by atoms with van der Waals surface area (Å²) in [5.74, 6) is -10.7. The van der Waals surface area contributed by atoms with Crippen LogP contribution in [0.25, 0.3) is 0 Å². The number of phenols is 1. The summed E-state index contributed by atoms with van der Waals surface area (Å²) in [6.07, 6.45) is -3.20. The molecule has 6 atom stereocenters. The number of pyridine rings is 1. The number of carbonyl (C=O) groups excluding carboxylic acids is 4. The highest BCUT2D eigenvalue weighted by Gasteiger charge is 2.71. The molecule has 3 heterocycles. The zero-order chi connectivity index (χ0) is 44.9. The van der Waals surface area contributed by atoms with Crippen LogP contribution < -0.4 is 15.2 Å². The molecular weight excluding hydrogens is 886 g/mol. The van der Waals surface area contributed by atoms with Crippen LogP contribution in [0.5, 0.6) is 5.75 Å². The molecule has 0 bridgehead atoms. The van der Waals surface area contributed by atoms with Gasteiger partial charge in [0, 0.05) is 54.0 Å². The number of nitrogens with zero attached hydrogens (tertiary/aromatic N) is 6. The predicted octanol–water partition coefficient (Wildman–Crippen LogP) is 7.84. The van der Waals surface area contributed by atoms with Crippen molar-refractivity contribution in [2.75, 3.05) is 29.3 Å². The molecular formula is C40H29Cl3F3N7O9. The highest BCUT2D eigenvalue weighted by atomic mass is 35.5. The molecule has 2 saturated heterocycles. The number of imide groups is 2. The first-order valence-electron chi connectivity index (χ1n) is 18.5. The Bertz CT molecular complexity index is 2670. The van der Waals surface area contributed by atoms with Gasteiger partial charge in [-0.25, -0.2) is 9.88 Å². The van der Waals surface area contributed by atoms with Gasteiger partial charge in [-0.1, -0.05) is 58.6 Å². The number of nitro benzene ring substituents is 2. The van der Waals surface area contributed by atoms with E-state index in [2.05, 4.69) is 10.4 Å². The van der Waals surface area contributed by atoms with E-state index in [0.717, 1.165) is 17.0 Å². The molecule has 4 aliphatic rings. The average molecular weight is 915 g/mol. The number of amides is 4. The van der Waals surface area contributed by atoms with Crippen LogP contribution in [-0.4, -0.2) is 62.7 Å². The number of aromatic nitrogens is 1. The van der Waals surface area contributed by atoms with Crippen LogP contribution in [0.2, 0.25) is 15.1 Å². The number of nitro groups is 2. The number of hydrogen-bond donors (Lipinski definition) is 2. The molecule has 6 unspecified atom stereocenters. The lowest BCUT2D eigenvalue weighted by atomic mass is 9.49. The number of benzene rings is 3. The number of allylic oxidation sites excluding steroid dienone is 2. The number of hydrogen-bond acceptors (Lipinski definition) is 12. The minimum Gasteiger partial charge on any atom is -0.508 e. The Morgan fingerprint density at radius 3 is 2.10 bits per heavy atom. The number of nitrogens with one attached hydrogen (secondary N) is 1. The Hall–Kier alpha value is -6.31. The lowest BCUT2D eigenvalue weighted by Gasteiger charge is -2.50. The van der Waals surface area contributed by atoms with Gasteiger partial charge in [-0.15, -0.1) is 0 Å². The van der Waals surface area contributed by atoms with Gasteiger partial charge < -0.3 is 10.0 Å². The lowest BCUT2D eigenvalue weighted by molar-refractivity contribution is -0.392. The van der Waals surface area contributed by atoms with E-state index >= 15 is 4.79 Å². The topological polar surface area (TPSA) is 209 Å². The normalized spacial score (nSPS) is 24.4. The number of halogens is 6. The van der Waals surface area contributed by atoms with Gasteiger partial charge in [0.15, 0.2) is 11.5 Å². The molecule has 320 valence electrons. The Morgan fingerprint density at radius 1 is 0.887 bits per heavy atom. The molecule has 3 aromatic carbocycles. The van der Waals surface area contributed by atoms with Gasteiger partial charge >= 0.3 is 17.6 Å². The second-order valence-corrected chi connectivity index (χ2v) is 16.7. The maximum absolute atomic E-state index is 15.4. The van der Waals surface area contributed by atoms with Crippen molar-refractivity contribution < 1.29 is 47.3 Å². The standard InChI is InChI=1S/C40H29Cl3F3N7O9/c1-49(2)33-28(52(59)60)13-21(14-29(33)53(61)62)50-35(55)23-9-8-22-24(31(23)37(50)57)15-26-36(56)51(48-34-27(43)11-18(16-47-34)40(44,45)46)38(58)39(26,17-3-5-19(41)6-4-17)32(22)25-12-20(42)7-10-30(25)54/h3-8,10-14,16,23-24,26,31-32,54H,9,15H2,1-2H3,(H,47,48). The number of phenolic OH excluding ortho intramolecular Hbond substituents is 1. The van der Waals surface area contributed by atoms with Crippen molar-refractivity contribution in [3.8, 4) is 5.75 Å². The van der Waals surface area contributed by atoms with Crippen molar-refractivity contribution in [3.63, 3.8) is 0 Å². The number of anilines is 3. The van der Waals surface area contributed by atoms with Crippen LogP contribution in [0.4, 0.5) is 41.7 Å². The summed E-state index contributed by atoms with van der Waals surface area (Å²) < 4.78 is 40.6. The van der Waals surface area contributed by atoms with Crippen LogP contribution in [0.3, 0.4) is 0 Å². The van der Waals surface area contributed by atoms with E-state index < -0.39 is 108 Å². The third kappa shape index (κ3) is 6.39. The lowest BCUT2D eigenvalue weighted by Crippen LogP contribution is -2.53. The zero-order valence-corrected chi connectivity index (χ0v) is 34.2. The summed E-state index contributed by atoms with van der Waals surface area (Å²) >= 11 is 19.0. The molecule has 22 heteroatoms. The third-order valence-corrected chi connectivity index (χ3v) is 12.8. The SMILES string of the molecule is CN(C)c1c([N+](=O)[O-])cc(N2C(=O)C3CC=C4C(CC5C(=O)N(Nc6ncc(C(F)(F)F)cc6Cl)C(=O)C5(c5ccc(Cl)cc5)C4c4cc(Cl)ccc4O)C3C2=O)cc1[N+](=O)[O-]. The van der Waals surface area contributed by atoms with E-state index in [4.69, 9.17) is 34.8 Å². The zero-order valence-electron chi connectivity index (χ0n) is 31.9. The van der Waals surface area contributed by atoms with Crippen LogP contribution >= 0.6 is 34.8 Å². The van der Waals surface area contributed by atoms with E-state index in [0.29, 0.717) is 27.7 Å². The maximum atomic E-state index is 15.4. The van der Waals surface area contributed by atoms with E-state index in [1.165, 1.54) is 56.6 Å². The van der Waals surface area contributed by atoms with Crippen molar-refractivity contribution in [2.24, 2.45) is 23.7 Å². The van der Waals surface area contributed by atoms with Crippen LogP contribution in [0, 0.1) is 43.9 Å². The fourth-order valence-electron chi connectivity index (χ4n) is 9.59. The number of carbonyl (C=O) groups is 4. The van der Waals surface area contributed by atoms with Crippen molar-refractivity contribution >= 4 is 87.0 Å². The first-order chi connectivity index (χ1) is 29.2. The van der Waals surface area contributed by atoms with E-state index in [1.54, 1.807) is 6.08 Å². The number of fused-ring (bicyclic) bond motifs is 4. The summed E-state index contributed by atoms with van der Waals surface area (Å²) in [6, 6.07) is 12.3. The van der Waals surface area contributed by atoms with Gasteiger partial charge in [0.05, 0.1) is 49.3 Å². The third-order valence-electron chi connectivity index (χ3n) is 12.0. The molecule has 62 heavy (non-hydrogen) atoms. The second-order valence-electron chi connectivity index (χ2n) is 15.4. The van der Waals surface area contributed by atoms with E-state index in [-0.39, 0.29) is 45.5 Å². The molecule has 16 nitrogen and oxygen atoms in total. The maximum Gasteiger partial charge on any atom is 0.417 e. The predicted molar refractivity (Wildman–Crippen MR) is 217 cm³/mol. The molecule has 2 N–H and O–H groups in total. The molecule has 0 radical (unpaired) electrons. The molecule has 4 aromatic rings. The molecule has 0 spiro atoms. The van der Waals surface area contributed by atoms with Gasteiger partial charge in [0.2, 0.25) is 11.8 Å². The highest BCUT2D eigenvalue weighted by molar-refractivity contribution is 6.33. The van der Waals surface area contributed by atoms with Gasteiger partial charge in [-0.2, -0.15) is 18.2 Å². The first kappa shape index (κ1) is 42.4.